The SMILES string of the molecule is Cc1ccc(S)cc1C(=O)NCC(C)C1CC1. The van der Waals surface area contributed by atoms with Gasteiger partial charge >= 0.3 is 0 Å². The first-order chi connectivity index (χ1) is 8.08. The van der Waals surface area contributed by atoms with Crippen LogP contribution in [-0.4, -0.2) is 12.5 Å². The number of rotatable bonds is 4. The Labute approximate surface area is 108 Å². The Hall–Kier alpha value is -0.960. The molecule has 2 nitrogen and oxygen atoms in total. The molecule has 1 N–H and O–H groups in total. The minimum absolute atomic E-state index is 0.0194. The van der Waals surface area contributed by atoms with Crippen LogP contribution in [0.25, 0.3) is 0 Å². The van der Waals surface area contributed by atoms with Gasteiger partial charge in [0.1, 0.15) is 0 Å². The molecular weight excluding hydrogens is 230 g/mol. The Balaban J connectivity index is 1.96. The van der Waals surface area contributed by atoms with Crippen molar-refractivity contribution in [3.05, 3.63) is 29.3 Å². The van der Waals surface area contributed by atoms with Crippen molar-refractivity contribution >= 4 is 18.5 Å². The number of aryl methyl sites for hydroxylation is 1. The molecule has 0 bridgehead atoms. The van der Waals surface area contributed by atoms with Gasteiger partial charge in [-0.05, 0) is 49.3 Å². The Morgan fingerprint density at radius 2 is 2.24 bits per heavy atom. The quantitative estimate of drug-likeness (QED) is 0.789. The van der Waals surface area contributed by atoms with Gasteiger partial charge in [0.2, 0.25) is 0 Å². The average Bonchev–Trinajstić information content (AvgIpc) is 3.12. The van der Waals surface area contributed by atoms with Crippen molar-refractivity contribution in [2.75, 3.05) is 6.54 Å². The van der Waals surface area contributed by atoms with Gasteiger partial charge in [-0.25, -0.2) is 0 Å². The lowest BCUT2D eigenvalue weighted by Gasteiger charge is -2.12. The summed E-state index contributed by atoms with van der Waals surface area (Å²) in [6.07, 6.45) is 2.64. The second-order valence-electron chi connectivity index (χ2n) is 5.02. The van der Waals surface area contributed by atoms with Crippen LogP contribution in [0.2, 0.25) is 0 Å². The van der Waals surface area contributed by atoms with E-state index in [0.29, 0.717) is 5.92 Å². The monoisotopic (exact) mass is 249 g/mol. The van der Waals surface area contributed by atoms with Crippen LogP contribution in [0.1, 0.15) is 35.7 Å². The molecule has 0 spiro atoms. The average molecular weight is 249 g/mol. The maximum absolute atomic E-state index is 12.0. The third-order valence-electron chi connectivity index (χ3n) is 3.48. The van der Waals surface area contributed by atoms with E-state index in [1.54, 1.807) is 0 Å². The van der Waals surface area contributed by atoms with Gasteiger partial charge in [-0.15, -0.1) is 12.6 Å². The van der Waals surface area contributed by atoms with Gasteiger partial charge in [0.25, 0.3) is 5.91 Å². The first-order valence-corrected chi connectivity index (χ1v) is 6.60. The standard InChI is InChI=1S/C14H19NOS/c1-9-3-6-12(17)7-13(9)14(16)15-8-10(2)11-4-5-11/h3,6-7,10-11,17H,4-5,8H2,1-2H3,(H,15,16). The molecule has 2 rings (SSSR count). The van der Waals surface area contributed by atoms with Gasteiger partial charge in [-0.1, -0.05) is 13.0 Å². The van der Waals surface area contributed by atoms with Crippen molar-refractivity contribution in [1.29, 1.82) is 0 Å². The van der Waals surface area contributed by atoms with Gasteiger partial charge in [-0.3, -0.25) is 4.79 Å². The van der Waals surface area contributed by atoms with E-state index in [9.17, 15) is 4.79 Å². The van der Waals surface area contributed by atoms with Crippen molar-refractivity contribution in [2.24, 2.45) is 11.8 Å². The molecule has 17 heavy (non-hydrogen) atoms. The second kappa shape index (κ2) is 5.13. The summed E-state index contributed by atoms with van der Waals surface area (Å²) in [5.74, 6) is 1.44. The zero-order chi connectivity index (χ0) is 12.4. The molecule has 1 saturated carbocycles. The lowest BCUT2D eigenvalue weighted by Crippen LogP contribution is -2.29. The molecule has 0 radical (unpaired) electrons. The molecule has 1 aromatic rings. The van der Waals surface area contributed by atoms with Crippen LogP contribution in [0.3, 0.4) is 0 Å². The van der Waals surface area contributed by atoms with E-state index in [0.717, 1.165) is 28.5 Å². The Kier molecular flexibility index (Phi) is 3.77. The molecule has 0 saturated heterocycles. The maximum atomic E-state index is 12.0. The summed E-state index contributed by atoms with van der Waals surface area (Å²) in [7, 11) is 0. The van der Waals surface area contributed by atoms with E-state index in [4.69, 9.17) is 0 Å². The van der Waals surface area contributed by atoms with E-state index < -0.39 is 0 Å². The molecule has 1 aliphatic rings. The Morgan fingerprint density at radius 3 is 2.88 bits per heavy atom. The topological polar surface area (TPSA) is 29.1 Å². The molecule has 1 amide bonds. The lowest BCUT2D eigenvalue weighted by atomic mass is 10.1. The van der Waals surface area contributed by atoms with Gasteiger partial charge in [0, 0.05) is 17.0 Å². The highest BCUT2D eigenvalue weighted by atomic mass is 32.1. The number of hydrogen-bond donors (Lipinski definition) is 2. The summed E-state index contributed by atoms with van der Waals surface area (Å²) in [4.78, 5) is 12.8. The summed E-state index contributed by atoms with van der Waals surface area (Å²) >= 11 is 4.27. The van der Waals surface area contributed by atoms with Crippen molar-refractivity contribution in [3.63, 3.8) is 0 Å². The summed E-state index contributed by atoms with van der Waals surface area (Å²) in [6, 6.07) is 5.67. The second-order valence-corrected chi connectivity index (χ2v) is 5.54. The lowest BCUT2D eigenvalue weighted by molar-refractivity contribution is 0.0946. The number of nitrogens with one attached hydrogen (secondary N) is 1. The fraction of sp³-hybridized carbons (Fsp3) is 0.500. The summed E-state index contributed by atoms with van der Waals surface area (Å²) in [5.41, 5.74) is 1.74. The Bertz CT molecular complexity index is 426. The third-order valence-corrected chi connectivity index (χ3v) is 3.76. The number of benzene rings is 1. The van der Waals surface area contributed by atoms with Crippen molar-refractivity contribution in [3.8, 4) is 0 Å². The third kappa shape index (κ3) is 3.25. The molecule has 92 valence electrons. The molecular formula is C14H19NOS. The Morgan fingerprint density at radius 1 is 1.53 bits per heavy atom. The van der Waals surface area contributed by atoms with Gasteiger partial charge in [-0.2, -0.15) is 0 Å². The largest absolute Gasteiger partial charge is 0.352 e. The predicted octanol–water partition coefficient (Wildman–Crippen LogP) is 3.06. The van der Waals surface area contributed by atoms with Crippen LogP contribution in [0.5, 0.6) is 0 Å². The van der Waals surface area contributed by atoms with Crippen molar-refractivity contribution in [2.45, 2.75) is 31.6 Å². The fourth-order valence-electron chi connectivity index (χ4n) is 2.04. The maximum Gasteiger partial charge on any atom is 0.251 e. The highest BCUT2D eigenvalue weighted by molar-refractivity contribution is 7.80. The van der Waals surface area contributed by atoms with Crippen LogP contribution >= 0.6 is 12.6 Å². The molecule has 1 fully saturated rings. The summed E-state index contributed by atoms with van der Waals surface area (Å²) in [6.45, 7) is 4.94. The van der Waals surface area contributed by atoms with E-state index in [2.05, 4.69) is 24.9 Å². The van der Waals surface area contributed by atoms with Crippen LogP contribution in [0.15, 0.2) is 23.1 Å². The molecule has 1 unspecified atom stereocenters. The summed E-state index contributed by atoms with van der Waals surface area (Å²) < 4.78 is 0. The van der Waals surface area contributed by atoms with Crippen LogP contribution < -0.4 is 5.32 Å². The highest BCUT2D eigenvalue weighted by Gasteiger charge is 2.27. The van der Waals surface area contributed by atoms with Gasteiger partial charge in [0.15, 0.2) is 0 Å². The number of thiol groups is 1. The zero-order valence-corrected chi connectivity index (χ0v) is 11.3. The van der Waals surface area contributed by atoms with Crippen LogP contribution in [-0.2, 0) is 0 Å². The van der Waals surface area contributed by atoms with Crippen molar-refractivity contribution < 1.29 is 4.79 Å². The normalized spacial score (nSPS) is 16.6. The van der Waals surface area contributed by atoms with Crippen molar-refractivity contribution in [1.82, 2.24) is 5.32 Å². The fourth-order valence-corrected chi connectivity index (χ4v) is 2.24. The number of carbonyl (C=O) groups excluding carboxylic acids is 1. The molecule has 0 aromatic heterocycles. The van der Waals surface area contributed by atoms with E-state index in [1.165, 1.54) is 12.8 Å². The molecule has 0 heterocycles. The first-order valence-electron chi connectivity index (χ1n) is 6.15. The number of amides is 1. The number of hydrogen-bond acceptors (Lipinski definition) is 2. The number of carbonyl (C=O) groups is 1. The minimum Gasteiger partial charge on any atom is -0.352 e. The van der Waals surface area contributed by atoms with E-state index in [-0.39, 0.29) is 5.91 Å². The summed E-state index contributed by atoms with van der Waals surface area (Å²) in [5, 5.41) is 3.02. The zero-order valence-electron chi connectivity index (χ0n) is 10.4. The van der Waals surface area contributed by atoms with Gasteiger partial charge in [0.05, 0.1) is 0 Å². The molecule has 1 aliphatic carbocycles. The van der Waals surface area contributed by atoms with E-state index >= 15 is 0 Å². The highest BCUT2D eigenvalue weighted by Crippen LogP contribution is 2.36. The molecule has 0 aliphatic heterocycles. The first kappa shape index (κ1) is 12.5. The molecule has 1 atom stereocenters. The van der Waals surface area contributed by atoms with Crippen LogP contribution in [0.4, 0.5) is 0 Å². The van der Waals surface area contributed by atoms with Crippen LogP contribution in [0, 0.1) is 18.8 Å². The minimum atomic E-state index is 0.0194. The van der Waals surface area contributed by atoms with E-state index in [1.807, 2.05) is 25.1 Å². The van der Waals surface area contributed by atoms with Gasteiger partial charge < -0.3 is 5.32 Å². The molecule has 3 heteroatoms. The smallest absolute Gasteiger partial charge is 0.251 e. The predicted molar refractivity (Wildman–Crippen MR) is 72.7 cm³/mol. The molecule has 1 aromatic carbocycles.